The van der Waals surface area contributed by atoms with E-state index < -0.39 is 0 Å². The van der Waals surface area contributed by atoms with Crippen LogP contribution in [-0.4, -0.2) is 53.8 Å². The number of morpholine rings is 1. The quantitative estimate of drug-likeness (QED) is 0.604. The van der Waals surface area contributed by atoms with Crippen LogP contribution >= 0.6 is 0 Å². The molecule has 0 aromatic carbocycles. The van der Waals surface area contributed by atoms with Crippen LogP contribution in [0.2, 0.25) is 0 Å². The van der Waals surface area contributed by atoms with E-state index >= 15 is 0 Å². The first kappa shape index (κ1) is 14.3. The number of nitrogens with one attached hydrogen (secondary N) is 1. The Morgan fingerprint density at radius 2 is 1.86 bits per heavy atom. The Hall–Kier alpha value is -1.67. The van der Waals surface area contributed by atoms with Crippen LogP contribution in [0, 0.1) is 5.92 Å². The summed E-state index contributed by atoms with van der Waals surface area (Å²) in [6.07, 6.45) is 1.16. The molecule has 1 aromatic rings. The molecule has 21 heavy (non-hydrogen) atoms. The van der Waals surface area contributed by atoms with Crippen LogP contribution < -0.4 is 21.1 Å². The molecule has 2 unspecified atom stereocenters. The third-order valence-electron chi connectivity index (χ3n) is 4.08. The molecule has 2 fully saturated rings. The molecule has 1 aromatic heterocycles. The van der Waals surface area contributed by atoms with Crippen molar-refractivity contribution in [1.82, 2.24) is 15.0 Å². The maximum absolute atomic E-state index is 5.51. The van der Waals surface area contributed by atoms with Crippen LogP contribution in [-0.2, 0) is 4.74 Å². The lowest BCUT2D eigenvalue weighted by Crippen LogP contribution is -2.38. The van der Waals surface area contributed by atoms with Crippen LogP contribution in [0.4, 0.5) is 17.8 Å². The lowest BCUT2D eigenvalue weighted by atomic mass is 10.1. The van der Waals surface area contributed by atoms with Gasteiger partial charge in [-0.05, 0) is 19.3 Å². The van der Waals surface area contributed by atoms with Gasteiger partial charge in [-0.2, -0.15) is 15.0 Å². The predicted octanol–water partition coefficient (Wildman–Crippen LogP) is 0.229. The lowest BCUT2D eigenvalue weighted by Gasteiger charge is -2.28. The summed E-state index contributed by atoms with van der Waals surface area (Å²) in [5.74, 6) is 7.95. The number of ether oxygens (including phenoxy) is 1. The van der Waals surface area contributed by atoms with Gasteiger partial charge >= 0.3 is 0 Å². The fourth-order valence-electron chi connectivity index (χ4n) is 3.03. The Kier molecular flexibility index (Phi) is 4.07. The van der Waals surface area contributed by atoms with Gasteiger partial charge in [-0.15, -0.1) is 0 Å². The van der Waals surface area contributed by atoms with E-state index in [2.05, 4.69) is 44.0 Å². The van der Waals surface area contributed by atoms with Crippen molar-refractivity contribution in [3.63, 3.8) is 0 Å². The fourth-order valence-corrected chi connectivity index (χ4v) is 3.03. The number of hydrazine groups is 1. The van der Waals surface area contributed by atoms with E-state index in [1.165, 1.54) is 0 Å². The average Bonchev–Trinajstić information content (AvgIpc) is 2.86. The average molecular weight is 293 g/mol. The highest BCUT2D eigenvalue weighted by molar-refractivity contribution is 5.46. The topological polar surface area (TPSA) is 92.4 Å². The zero-order valence-corrected chi connectivity index (χ0v) is 12.6. The van der Waals surface area contributed by atoms with Gasteiger partial charge in [0.05, 0.1) is 13.2 Å². The third kappa shape index (κ3) is 3.01. The largest absolute Gasteiger partial charge is 0.378 e. The molecule has 0 radical (unpaired) electrons. The van der Waals surface area contributed by atoms with Crippen LogP contribution in [0.15, 0.2) is 0 Å². The van der Waals surface area contributed by atoms with E-state index in [0.717, 1.165) is 26.1 Å². The van der Waals surface area contributed by atoms with Crippen molar-refractivity contribution in [3.05, 3.63) is 0 Å². The highest BCUT2D eigenvalue weighted by atomic mass is 16.5. The van der Waals surface area contributed by atoms with Gasteiger partial charge in [0, 0.05) is 25.7 Å². The zero-order valence-electron chi connectivity index (χ0n) is 12.6. The number of nitrogens with zero attached hydrogens (tertiary/aromatic N) is 5. The Morgan fingerprint density at radius 1 is 1.14 bits per heavy atom. The molecule has 0 saturated carbocycles. The standard InChI is InChI=1S/C13H23N7O/c1-9-7-10(2)20(8-9)13-16-11(18-14)15-12(17-13)19-3-5-21-6-4-19/h9-10H,3-8,14H2,1-2H3,(H,15,16,17,18). The number of anilines is 3. The molecule has 8 heteroatoms. The first-order valence-corrected chi connectivity index (χ1v) is 7.49. The van der Waals surface area contributed by atoms with E-state index in [1.54, 1.807) is 0 Å². The molecule has 3 N–H and O–H groups in total. The van der Waals surface area contributed by atoms with Gasteiger partial charge in [0.1, 0.15) is 0 Å². The molecular weight excluding hydrogens is 270 g/mol. The summed E-state index contributed by atoms with van der Waals surface area (Å²) in [5.41, 5.74) is 2.55. The minimum Gasteiger partial charge on any atom is -0.378 e. The number of hydrogen-bond donors (Lipinski definition) is 2. The molecule has 0 spiro atoms. The summed E-state index contributed by atoms with van der Waals surface area (Å²) < 4.78 is 5.38. The summed E-state index contributed by atoms with van der Waals surface area (Å²) in [6, 6.07) is 0.436. The normalized spacial score (nSPS) is 26.2. The van der Waals surface area contributed by atoms with Crippen molar-refractivity contribution in [2.24, 2.45) is 11.8 Å². The minimum absolute atomic E-state index is 0.410. The number of nitrogen functional groups attached to an aromatic ring is 1. The summed E-state index contributed by atoms with van der Waals surface area (Å²) >= 11 is 0. The monoisotopic (exact) mass is 293 g/mol. The van der Waals surface area contributed by atoms with Gasteiger partial charge < -0.3 is 14.5 Å². The Morgan fingerprint density at radius 3 is 2.48 bits per heavy atom. The molecule has 0 aliphatic carbocycles. The second-order valence-corrected chi connectivity index (χ2v) is 5.85. The van der Waals surface area contributed by atoms with Gasteiger partial charge in [0.25, 0.3) is 0 Å². The van der Waals surface area contributed by atoms with Crippen molar-refractivity contribution >= 4 is 17.8 Å². The van der Waals surface area contributed by atoms with E-state index in [1.807, 2.05) is 0 Å². The van der Waals surface area contributed by atoms with Crippen LogP contribution in [0.5, 0.6) is 0 Å². The third-order valence-corrected chi connectivity index (χ3v) is 4.08. The summed E-state index contributed by atoms with van der Waals surface area (Å²) in [4.78, 5) is 17.8. The van der Waals surface area contributed by atoms with Gasteiger partial charge in [0.15, 0.2) is 0 Å². The Balaban J connectivity index is 1.89. The van der Waals surface area contributed by atoms with E-state index in [-0.39, 0.29) is 0 Å². The summed E-state index contributed by atoms with van der Waals surface area (Å²) in [5, 5.41) is 0. The maximum atomic E-state index is 5.51. The van der Waals surface area contributed by atoms with Crippen molar-refractivity contribution < 1.29 is 4.74 Å². The van der Waals surface area contributed by atoms with Crippen molar-refractivity contribution in [3.8, 4) is 0 Å². The smallest absolute Gasteiger partial charge is 0.243 e. The number of aromatic nitrogens is 3. The van der Waals surface area contributed by atoms with Crippen molar-refractivity contribution in [1.29, 1.82) is 0 Å². The molecule has 2 atom stereocenters. The van der Waals surface area contributed by atoms with Crippen LogP contribution in [0.1, 0.15) is 20.3 Å². The molecule has 8 nitrogen and oxygen atoms in total. The molecule has 3 heterocycles. The molecule has 3 rings (SSSR count). The van der Waals surface area contributed by atoms with Gasteiger partial charge in [0.2, 0.25) is 17.8 Å². The molecule has 0 amide bonds. The van der Waals surface area contributed by atoms with Crippen molar-refractivity contribution in [2.75, 3.05) is 48.1 Å². The maximum Gasteiger partial charge on any atom is 0.243 e. The van der Waals surface area contributed by atoms with E-state index in [0.29, 0.717) is 43.0 Å². The lowest BCUT2D eigenvalue weighted by molar-refractivity contribution is 0.122. The predicted molar refractivity (Wildman–Crippen MR) is 81.3 cm³/mol. The number of hydrogen-bond acceptors (Lipinski definition) is 8. The molecule has 0 bridgehead atoms. The minimum atomic E-state index is 0.410. The zero-order chi connectivity index (χ0) is 14.8. The molecule has 2 saturated heterocycles. The molecule has 2 aliphatic heterocycles. The second-order valence-electron chi connectivity index (χ2n) is 5.85. The molecule has 116 valence electrons. The fraction of sp³-hybridized carbons (Fsp3) is 0.769. The van der Waals surface area contributed by atoms with Crippen LogP contribution in [0.25, 0.3) is 0 Å². The number of rotatable bonds is 3. The summed E-state index contributed by atoms with van der Waals surface area (Å²) in [7, 11) is 0. The SMILES string of the molecule is CC1CC(C)N(c2nc(NN)nc(N3CCOCC3)n2)C1. The van der Waals surface area contributed by atoms with E-state index in [9.17, 15) is 0 Å². The second kappa shape index (κ2) is 5.98. The van der Waals surface area contributed by atoms with Crippen LogP contribution in [0.3, 0.4) is 0 Å². The summed E-state index contributed by atoms with van der Waals surface area (Å²) in [6.45, 7) is 8.41. The highest BCUT2D eigenvalue weighted by Crippen LogP contribution is 2.27. The first-order chi connectivity index (χ1) is 10.2. The Labute approximate surface area is 124 Å². The first-order valence-electron chi connectivity index (χ1n) is 7.49. The number of nitrogens with two attached hydrogens (primary N) is 1. The Bertz CT molecular complexity index is 491. The highest BCUT2D eigenvalue weighted by Gasteiger charge is 2.29. The van der Waals surface area contributed by atoms with Gasteiger partial charge in [-0.1, -0.05) is 6.92 Å². The van der Waals surface area contributed by atoms with Crippen molar-refractivity contribution in [2.45, 2.75) is 26.3 Å². The van der Waals surface area contributed by atoms with Gasteiger partial charge in [-0.3, -0.25) is 5.43 Å². The molecule has 2 aliphatic rings. The van der Waals surface area contributed by atoms with Gasteiger partial charge in [-0.25, -0.2) is 5.84 Å². The molecular formula is C13H23N7O. The van der Waals surface area contributed by atoms with E-state index in [4.69, 9.17) is 10.6 Å².